The molecule has 23 heavy (non-hydrogen) atoms. The number of benzene rings is 2. The summed E-state index contributed by atoms with van der Waals surface area (Å²) in [5, 5.41) is 19.9. The molecule has 2 aromatic carbocycles. The molecule has 0 saturated heterocycles. The highest BCUT2D eigenvalue weighted by Crippen LogP contribution is 2.27. The molecule has 2 aromatic rings. The SMILES string of the molecule is NS(=O)(=O)c1ccc(N/N=C/c2cccc(Br)c2)c([N+](=O)[O-])c1. The van der Waals surface area contributed by atoms with Gasteiger partial charge in [0, 0.05) is 10.5 Å². The topological polar surface area (TPSA) is 128 Å². The number of primary sulfonamides is 1. The smallest absolute Gasteiger partial charge is 0.272 e. The van der Waals surface area contributed by atoms with Crippen LogP contribution in [0.15, 0.2) is 56.9 Å². The Morgan fingerprint density at radius 1 is 1.26 bits per heavy atom. The van der Waals surface area contributed by atoms with Crippen LogP contribution in [0.25, 0.3) is 0 Å². The Morgan fingerprint density at radius 3 is 2.61 bits per heavy atom. The van der Waals surface area contributed by atoms with E-state index < -0.39 is 20.6 Å². The van der Waals surface area contributed by atoms with E-state index in [0.29, 0.717) is 0 Å². The minimum Gasteiger partial charge on any atom is -0.272 e. The molecular formula is C13H11BrN4O4S. The van der Waals surface area contributed by atoms with Crippen LogP contribution in [0.2, 0.25) is 0 Å². The minimum absolute atomic E-state index is 0.0497. The number of nitro benzene ring substituents is 1. The Kier molecular flexibility index (Phi) is 5.08. The van der Waals surface area contributed by atoms with Gasteiger partial charge >= 0.3 is 0 Å². The highest BCUT2D eigenvalue weighted by atomic mass is 79.9. The van der Waals surface area contributed by atoms with Crippen molar-refractivity contribution < 1.29 is 13.3 Å². The zero-order valence-electron chi connectivity index (χ0n) is 11.5. The molecule has 0 atom stereocenters. The Labute approximate surface area is 140 Å². The highest BCUT2D eigenvalue weighted by molar-refractivity contribution is 9.10. The number of nitrogens with one attached hydrogen (secondary N) is 1. The van der Waals surface area contributed by atoms with Gasteiger partial charge in [0.15, 0.2) is 0 Å². The zero-order valence-corrected chi connectivity index (χ0v) is 13.9. The number of rotatable bonds is 5. The largest absolute Gasteiger partial charge is 0.295 e. The third-order valence-corrected chi connectivity index (χ3v) is 4.15. The third-order valence-electron chi connectivity index (χ3n) is 2.74. The molecule has 0 radical (unpaired) electrons. The fourth-order valence-corrected chi connectivity index (χ4v) is 2.65. The maximum atomic E-state index is 11.3. The fourth-order valence-electron chi connectivity index (χ4n) is 1.70. The van der Waals surface area contributed by atoms with Crippen LogP contribution in [-0.4, -0.2) is 19.6 Å². The van der Waals surface area contributed by atoms with Crippen molar-refractivity contribution in [3.05, 3.63) is 62.6 Å². The maximum absolute atomic E-state index is 11.3. The van der Waals surface area contributed by atoms with Crippen LogP contribution in [0.5, 0.6) is 0 Å². The molecule has 2 rings (SSSR count). The average molecular weight is 399 g/mol. The number of halogens is 1. The van der Waals surface area contributed by atoms with Crippen molar-refractivity contribution in [1.29, 1.82) is 0 Å². The molecule has 120 valence electrons. The van der Waals surface area contributed by atoms with Gasteiger partial charge in [-0.2, -0.15) is 5.10 Å². The number of hydrogen-bond donors (Lipinski definition) is 2. The molecule has 0 saturated carbocycles. The van der Waals surface area contributed by atoms with Crippen molar-refractivity contribution in [2.45, 2.75) is 4.90 Å². The number of anilines is 1. The lowest BCUT2D eigenvalue weighted by Gasteiger charge is -2.04. The molecule has 0 bridgehead atoms. The van der Waals surface area contributed by atoms with Crippen molar-refractivity contribution in [1.82, 2.24) is 0 Å². The van der Waals surface area contributed by atoms with Gasteiger partial charge < -0.3 is 0 Å². The summed E-state index contributed by atoms with van der Waals surface area (Å²) in [7, 11) is -4.02. The second kappa shape index (κ2) is 6.86. The normalized spacial score (nSPS) is 11.6. The summed E-state index contributed by atoms with van der Waals surface area (Å²) in [6.45, 7) is 0. The van der Waals surface area contributed by atoms with Crippen LogP contribution in [0.3, 0.4) is 0 Å². The molecular weight excluding hydrogens is 388 g/mol. The molecule has 8 nitrogen and oxygen atoms in total. The van der Waals surface area contributed by atoms with E-state index in [2.05, 4.69) is 26.5 Å². The summed E-state index contributed by atoms with van der Waals surface area (Å²) in [5.74, 6) is 0. The van der Waals surface area contributed by atoms with Crippen LogP contribution < -0.4 is 10.6 Å². The Bertz CT molecular complexity index is 883. The maximum Gasteiger partial charge on any atom is 0.295 e. The Morgan fingerprint density at radius 2 is 2.00 bits per heavy atom. The first-order valence-corrected chi connectivity index (χ1v) is 8.47. The van der Waals surface area contributed by atoms with E-state index in [0.717, 1.165) is 16.1 Å². The van der Waals surface area contributed by atoms with E-state index in [4.69, 9.17) is 5.14 Å². The Hall–Kier alpha value is -2.30. The number of hydrogen-bond acceptors (Lipinski definition) is 6. The lowest BCUT2D eigenvalue weighted by atomic mass is 10.2. The summed E-state index contributed by atoms with van der Waals surface area (Å²) >= 11 is 3.32. The molecule has 0 amide bonds. The van der Waals surface area contributed by atoms with Crippen LogP contribution in [-0.2, 0) is 10.0 Å². The lowest BCUT2D eigenvalue weighted by Crippen LogP contribution is -2.12. The van der Waals surface area contributed by atoms with Crippen LogP contribution in [0, 0.1) is 10.1 Å². The van der Waals surface area contributed by atoms with E-state index in [1.165, 1.54) is 18.3 Å². The van der Waals surface area contributed by atoms with E-state index in [-0.39, 0.29) is 10.6 Å². The molecule has 0 spiro atoms. The van der Waals surface area contributed by atoms with Crippen molar-refractivity contribution >= 4 is 43.5 Å². The molecule has 3 N–H and O–H groups in total. The predicted octanol–water partition coefficient (Wildman–Crippen LogP) is 2.45. The lowest BCUT2D eigenvalue weighted by molar-refractivity contribution is -0.384. The van der Waals surface area contributed by atoms with Gasteiger partial charge in [-0.25, -0.2) is 13.6 Å². The van der Waals surface area contributed by atoms with E-state index in [1.807, 2.05) is 18.2 Å². The highest BCUT2D eigenvalue weighted by Gasteiger charge is 2.18. The second-order valence-corrected chi connectivity index (χ2v) is 6.88. The molecule has 0 fully saturated rings. The molecule has 0 aromatic heterocycles. The van der Waals surface area contributed by atoms with Gasteiger partial charge in [-0.15, -0.1) is 0 Å². The molecule has 0 aliphatic carbocycles. The first-order chi connectivity index (χ1) is 10.8. The number of nitrogens with zero attached hydrogens (tertiary/aromatic N) is 2. The van der Waals surface area contributed by atoms with Gasteiger partial charge in [0.25, 0.3) is 5.69 Å². The Balaban J connectivity index is 2.27. The number of nitrogens with two attached hydrogens (primary N) is 1. The van der Waals surface area contributed by atoms with Crippen LogP contribution >= 0.6 is 15.9 Å². The van der Waals surface area contributed by atoms with Crippen LogP contribution in [0.4, 0.5) is 11.4 Å². The van der Waals surface area contributed by atoms with E-state index in [9.17, 15) is 18.5 Å². The summed E-state index contributed by atoms with van der Waals surface area (Å²) in [5.41, 5.74) is 2.90. The standard InChI is InChI=1S/C13H11BrN4O4S/c14-10-3-1-2-9(6-10)8-16-17-12-5-4-11(23(15,21)22)7-13(12)18(19)20/h1-8,17H,(H2,15,21,22)/b16-8+. The summed E-state index contributed by atoms with van der Waals surface area (Å²) in [4.78, 5) is 9.99. The number of hydrazone groups is 1. The van der Waals surface area contributed by atoms with Gasteiger partial charge in [-0.3, -0.25) is 15.5 Å². The monoisotopic (exact) mass is 398 g/mol. The second-order valence-electron chi connectivity index (χ2n) is 4.41. The van der Waals surface area contributed by atoms with Crippen LogP contribution in [0.1, 0.15) is 5.56 Å². The zero-order chi connectivity index (χ0) is 17.0. The van der Waals surface area contributed by atoms with Crippen molar-refractivity contribution in [2.24, 2.45) is 10.2 Å². The predicted molar refractivity (Wildman–Crippen MR) is 89.8 cm³/mol. The van der Waals surface area contributed by atoms with Crippen molar-refractivity contribution in [3.8, 4) is 0 Å². The molecule has 0 aliphatic rings. The summed E-state index contributed by atoms with van der Waals surface area (Å²) in [6, 6.07) is 10.6. The number of nitro groups is 1. The van der Waals surface area contributed by atoms with Gasteiger partial charge in [0.2, 0.25) is 10.0 Å². The van der Waals surface area contributed by atoms with Gasteiger partial charge in [0.05, 0.1) is 16.0 Å². The van der Waals surface area contributed by atoms with Gasteiger partial charge in [-0.1, -0.05) is 28.1 Å². The fraction of sp³-hybridized carbons (Fsp3) is 0. The minimum atomic E-state index is -4.02. The molecule has 0 unspecified atom stereocenters. The van der Waals surface area contributed by atoms with Crippen molar-refractivity contribution in [3.63, 3.8) is 0 Å². The summed E-state index contributed by atoms with van der Waals surface area (Å²) in [6.07, 6.45) is 1.47. The number of sulfonamides is 1. The first-order valence-electron chi connectivity index (χ1n) is 6.13. The quantitative estimate of drug-likeness (QED) is 0.454. The van der Waals surface area contributed by atoms with E-state index >= 15 is 0 Å². The first kappa shape index (κ1) is 17.1. The third kappa shape index (κ3) is 4.58. The molecule has 10 heteroatoms. The molecule has 0 aliphatic heterocycles. The van der Waals surface area contributed by atoms with Gasteiger partial charge in [0.1, 0.15) is 5.69 Å². The van der Waals surface area contributed by atoms with Gasteiger partial charge in [-0.05, 0) is 29.8 Å². The van der Waals surface area contributed by atoms with E-state index in [1.54, 1.807) is 6.07 Å². The molecule has 0 heterocycles. The van der Waals surface area contributed by atoms with Crippen molar-refractivity contribution in [2.75, 3.05) is 5.43 Å². The summed E-state index contributed by atoms with van der Waals surface area (Å²) < 4.78 is 23.4. The average Bonchev–Trinajstić information content (AvgIpc) is 2.46.